The van der Waals surface area contributed by atoms with Gasteiger partial charge in [-0.1, -0.05) is 0 Å². The van der Waals surface area contributed by atoms with Gasteiger partial charge in [-0.2, -0.15) is 8.42 Å². The summed E-state index contributed by atoms with van der Waals surface area (Å²) in [6.07, 6.45) is 1.55. The summed E-state index contributed by atoms with van der Waals surface area (Å²) >= 11 is 4.71. The third-order valence-electron chi connectivity index (χ3n) is 0.465. The Morgan fingerprint density at radius 2 is 1.83 bits per heavy atom. The van der Waals surface area contributed by atoms with Crippen molar-refractivity contribution < 1.29 is 43.4 Å². The van der Waals surface area contributed by atoms with E-state index in [1.165, 1.54) is 0 Å². The van der Waals surface area contributed by atoms with Gasteiger partial charge in [-0.3, -0.25) is 9.11 Å². The summed E-state index contributed by atoms with van der Waals surface area (Å²) in [5, 5.41) is 0. The van der Waals surface area contributed by atoms with Gasteiger partial charge in [0.05, 0.1) is 0 Å². The normalized spacial score (nSPS) is 9.33. The molecule has 4 N–H and O–H groups in total. The van der Waals surface area contributed by atoms with Gasteiger partial charge in [0, 0.05) is 0 Å². The molecule has 1 aromatic rings. The maximum atomic E-state index is 8.74. The van der Waals surface area contributed by atoms with E-state index in [0.29, 0.717) is 4.66 Å². The van der Waals surface area contributed by atoms with E-state index in [4.69, 9.17) is 33.5 Å². The van der Waals surface area contributed by atoms with Crippen LogP contribution >= 0.6 is 0 Å². The third kappa shape index (κ3) is 16.3. The van der Waals surface area contributed by atoms with E-state index in [-0.39, 0.29) is 5.48 Å². The summed E-state index contributed by atoms with van der Waals surface area (Å²) in [4.78, 5) is 0. The predicted octanol–water partition coefficient (Wildman–Crippen LogP) is -1.03. The van der Waals surface area contributed by atoms with Gasteiger partial charge in [0.25, 0.3) is 0 Å². The molecule has 0 amide bonds. The summed E-state index contributed by atoms with van der Waals surface area (Å²) in [5.74, 6) is 0. The zero-order chi connectivity index (χ0) is 8.91. The Kier molecular flexibility index (Phi) is 7.30. The number of hydrogen-bond donors (Lipinski definition) is 2. The first-order valence-electron chi connectivity index (χ1n) is 2.24. The fourth-order valence-electron chi connectivity index (χ4n) is 0.246. The fraction of sp³-hybridized carbons (Fsp3) is 0. The molecule has 1 rings (SSSR count). The molecule has 0 bridgehead atoms. The van der Waals surface area contributed by atoms with Crippen LogP contribution in [0.15, 0.2) is 22.8 Å². The van der Waals surface area contributed by atoms with Crippen LogP contribution in [0.25, 0.3) is 0 Å². The van der Waals surface area contributed by atoms with Crippen molar-refractivity contribution in [2.75, 3.05) is 0 Å². The molecule has 8 heteroatoms. The minimum atomic E-state index is -4.67. The van der Waals surface area contributed by atoms with E-state index < -0.39 is 10.4 Å². The summed E-state index contributed by atoms with van der Waals surface area (Å²) in [6.45, 7) is 0. The van der Waals surface area contributed by atoms with Crippen LogP contribution in [0.1, 0.15) is 0 Å². The molecule has 0 atom stereocenters. The Labute approximate surface area is 77.3 Å². The molecular formula is C4H7CuO6S. The van der Waals surface area contributed by atoms with Crippen LogP contribution in [0.5, 0.6) is 0 Å². The average molecular weight is 247 g/mol. The van der Waals surface area contributed by atoms with Crippen LogP contribution in [0.2, 0.25) is 0 Å². The Morgan fingerprint density at radius 3 is 1.92 bits per heavy atom. The minimum absolute atomic E-state index is 0. The van der Waals surface area contributed by atoms with E-state index in [0.717, 1.165) is 0 Å². The zero-order valence-electron chi connectivity index (χ0n) is 5.56. The van der Waals surface area contributed by atoms with Crippen molar-refractivity contribution in [3.8, 4) is 0 Å². The topological polar surface area (TPSA) is 119 Å². The zero-order valence-corrected chi connectivity index (χ0v) is 7.32. The van der Waals surface area contributed by atoms with Gasteiger partial charge in [-0.05, 0) is 0 Å². The third-order valence-corrected chi connectivity index (χ3v) is 0.733. The molecule has 0 aromatic carbocycles. The van der Waals surface area contributed by atoms with Gasteiger partial charge >= 0.3 is 53.9 Å². The summed E-state index contributed by atoms with van der Waals surface area (Å²) in [5.41, 5.74) is 0. The molecule has 0 radical (unpaired) electrons. The second-order valence-corrected chi connectivity index (χ2v) is 2.69. The number of rotatable bonds is 0. The molecule has 6 nitrogen and oxygen atoms in total. The standard InChI is InChI=1S/C4H3O.Cu.H2O4S.H2O/c1-2-4-5-3-1;;1-5(2,3)4;/h1-3H;;(H2,1,2,3,4);1H2. The molecule has 0 saturated heterocycles. The second kappa shape index (κ2) is 6.18. The van der Waals surface area contributed by atoms with Crippen molar-refractivity contribution in [2.24, 2.45) is 0 Å². The number of furan rings is 1. The SMILES string of the molecule is O.O=S(=O)(O)O.[Cu][c]1ccco1. The Morgan fingerprint density at radius 1 is 1.42 bits per heavy atom. The van der Waals surface area contributed by atoms with Crippen molar-refractivity contribution in [2.45, 2.75) is 0 Å². The predicted molar refractivity (Wildman–Crippen MR) is 36.1 cm³/mol. The molecule has 0 fully saturated rings. The first-order chi connectivity index (χ1) is 4.89. The van der Waals surface area contributed by atoms with Crippen molar-refractivity contribution in [1.29, 1.82) is 0 Å². The van der Waals surface area contributed by atoms with Crippen LogP contribution in [0.3, 0.4) is 0 Å². The summed E-state index contributed by atoms with van der Waals surface area (Å²) < 4.78 is 36.8. The molecule has 76 valence electrons. The molecule has 0 saturated carbocycles. The monoisotopic (exact) mass is 246 g/mol. The maximum absolute atomic E-state index is 8.74. The Bertz CT molecular complexity index is 269. The van der Waals surface area contributed by atoms with Gasteiger partial charge in [0.2, 0.25) is 0 Å². The van der Waals surface area contributed by atoms with Crippen LogP contribution in [0.4, 0.5) is 0 Å². The Balaban J connectivity index is 0. The van der Waals surface area contributed by atoms with E-state index in [1.54, 1.807) is 18.4 Å². The summed E-state index contributed by atoms with van der Waals surface area (Å²) in [7, 11) is -4.67. The van der Waals surface area contributed by atoms with Gasteiger partial charge < -0.3 is 5.48 Å². The molecule has 1 aromatic heterocycles. The van der Waals surface area contributed by atoms with Gasteiger partial charge in [0.15, 0.2) is 0 Å². The molecule has 1 heterocycles. The van der Waals surface area contributed by atoms with Crippen molar-refractivity contribution in [1.82, 2.24) is 0 Å². The quantitative estimate of drug-likeness (QED) is 0.448. The molecule has 0 aliphatic carbocycles. The van der Waals surface area contributed by atoms with Crippen LogP contribution in [-0.4, -0.2) is 23.0 Å². The van der Waals surface area contributed by atoms with Crippen molar-refractivity contribution >= 4 is 15.1 Å². The van der Waals surface area contributed by atoms with E-state index in [9.17, 15) is 0 Å². The van der Waals surface area contributed by atoms with Gasteiger partial charge in [0.1, 0.15) is 0 Å². The molecule has 0 spiro atoms. The molecule has 0 unspecified atom stereocenters. The molecule has 12 heavy (non-hydrogen) atoms. The first kappa shape index (κ1) is 14.2. The van der Waals surface area contributed by atoms with Crippen LogP contribution in [-0.2, 0) is 26.4 Å². The van der Waals surface area contributed by atoms with Gasteiger partial charge in [-0.25, -0.2) is 0 Å². The molecule has 0 aliphatic rings. The van der Waals surface area contributed by atoms with E-state index in [1.807, 2.05) is 0 Å². The second-order valence-electron chi connectivity index (χ2n) is 1.33. The van der Waals surface area contributed by atoms with Crippen LogP contribution < -0.4 is 4.66 Å². The number of hydrogen-bond acceptors (Lipinski definition) is 3. The average Bonchev–Trinajstić information content (AvgIpc) is 2.12. The molecular weight excluding hydrogens is 240 g/mol. The fourth-order valence-corrected chi connectivity index (χ4v) is 0.401. The van der Waals surface area contributed by atoms with Crippen molar-refractivity contribution in [3.05, 3.63) is 18.4 Å². The van der Waals surface area contributed by atoms with Crippen molar-refractivity contribution in [3.63, 3.8) is 0 Å². The van der Waals surface area contributed by atoms with E-state index in [2.05, 4.69) is 4.42 Å². The van der Waals surface area contributed by atoms with E-state index >= 15 is 0 Å². The Hall–Kier alpha value is -0.371. The molecule has 0 aliphatic heterocycles. The first-order valence-corrected chi connectivity index (χ1v) is 4.11. The van der Waals surface area contributed by atoms with Crippen LogP contribution in [0, 0.1) is 0 Å². The summed E-state index contributed by atoms with van der Waals surface area (Å²) in [6, 6.07) is 3.48. The van der Waals surface area contributed by atoms with Gasteiger partial charge in [-0.15, -0.1) is 0 Å².